The number of ether oxygens (including phenoxy) is 1. The highest BCUT2D eigenvalue weighted by Gasteiger charge is 2.41. The first-order valence-electron chi connectivity index (χ1n) is 10.8. The molecule has 154 valence electrons. The van der Waals surface area contributed by atoms with Crippen LogP contribution in [0.3, 0.4) is 0 Å². The highest BCUT2D eigenvalue weighted by Crippen LogP contribution is 2.40. The van der Waals surface area contributed by atoms with E-state index >= 15 is 0 Å². The summed E-state index contributed by atoms with van der Waals surface area (Å²) in [5.74, 6) is 2.42. The molecule has 2 aliphatic heterocycles. The lowest BCUT2D eigenvalue weighted by Crippen LogP contribution is -2.39. The van der Waals surface area contributed by atoms with Crippen LogP contribution in [-0.4, -0.2) is 59.3 Å². The summed E-state index contributed by atoms with van der Waals surface area (Å²) in [7, 11) is 0. The second kappa shape index (κ2) is 9.07. The van der Waals surface area contributed by atoms with Gasteiger partial charge in [0.1, 0.15) is 6.54 Å². The molecule has 0 unspecified atom stereocenters. The summed E-state index contributed by atoms with van der Waals surface area (Å²) in [6, 6.07) is 1.82. The monoisotopic (exact) mass is 388 g/mol. The molecule has 7 heteroatoms. The third-order valence-corrected chi connectivity index (χ3v) is 6.83. The number of aromatic nitrogens is 2. The number of nitrogens with zero attached hydrogens (tertiary/aromatic N) is 3. The number of fused-ring (bicyclic) bond motifs is 1. The average Bonchev–Trinajstić information content (AvgIpc) is 3.37. The van der Waals surface area contributed by atoms with Crippen LogP contribution in [0.2, 0.25) is 0 Å². The first kappa shape index (κ1) is 19.4. The van der Waals surface area contributed by atoms with Crippen LogP contribution in [0.1, 0.15) is 38.5 Å². The second-order valence-corrected chi connectivity index (χ2v) is 8.68. The van der Waals surface area contributed by atoms with E-state index in [0.717, 1.165) is 45.6 Å². The third-order valence-electron chi connectivity index (χ3n) is 6.83. The Morgan fingerprint density at radius 1 is 1.14 bits per heavy atom. The van der Waals surface area contributed by atoms with E-state index in [0.29, 0.717) is 42.5 Å². The normalized spacial score (nSPS) is 28.1. The van der Waals surface area contributed by atoms with Crippen molar-refractivity contribution in [2.45, 2.75) is 45.1 Å². The molecule has 3 aliphatic rings. The quantitative estimate of drug-likeness (QED) is 0.805. The van der Waals surface area contributed by atoms with Crippen LogP contribution in [0.25, 0.3) is 0 Å². The van der Waals surface area contributed by atoms with Gasteiger partial charge in [0, 0.05) is 51.7 Å². The molecule has 2 saturated heterocycles. The molecule has 1 aliphatic carbocycles. The highest BCUT2D eigenvalue weighted by molar-refractivity contribution is 5.77. The van der Waals surface area contributed by atoms with Gasteiger partial charge < -0.3 is 15.0 Å². The summed E-state index contributed by atoms with van der Waals surface area (Å²) in [6.45, 7) is 4.34. The van der Waals surface area contributed by atoms with E-state index in [9.17, 15) is 9.59 Å². The van der Waals surface area contributed by atoms with Crippen molar-refractivity contribution in [1.29, 1.82) is 0 Å². The molecule has 1 saturated carbocycles. The summed E-state index contributed by atoms with van der Waals surface area (Å²) in [6.07, 6.45) is 9.74. The average molecular weight is 389 g/mol. The van der Waals surface area contributed by atoms with Crippen molar-refractivity contribution in [3.8, 4) is 0 Å². The Morgan fingerprint density at radius 2 is 2.00 bits per heavy atom. The van der Waals surface area contributed by atoms with Gasteiger partial charge in [0.2, 0.25) is 11.8 Å². The summed E-state index contributed by atoms with van der Waals surface area (Å²) < 4.78 is 7.06. The predicted molar refractivity (Wildman–Crippen MR) is 104 cm³/mol. The van der Waals surface area contributed by atoms with Gasteiger partial charge in [-0.2, -0.15) is 5.10 Å². The van der Waals surface area contributed by atoms with E-state index in [4.69, 9.17) is 4.74 Å². The van der Waals surface area contributed by atoms with Gasteiger partial charge in [0.25, 0.3) is 0 Å². The minimum Gasteiger partial charge on any atom is -0.381 e. The molecule has 2 amide bonds. The Balaban J connectivity index is 1.26. The number of carbonyl (C=O) groups excluding carboxylic acids is 2. The van der Waals surface area contributed by atoms with E-state index in [1.54, 1.807) is 17.1 Å². The third kappa shape index (κ3) is 4.74. The molecule has 0 radical (unpaired) electrons. The van der Waals surface area contributed by atoms with Crippen LogP contribution in [0, 0.1) is 23.7 Å². The first-order valence-corrected chi connectivity index (χ1v) is 10.8. The Morgan fingerprint density at radius 3 is 2.79 bits per heavy atom. The van der Waals surface area contributed by atoms with Crippen LogP contribution in [0.5, 0.6) is 0 Å². The molecule has 4 rings (SSSR count). The Bertz CT molecular complexity index is 657. The molecule has 28 heavy (non-hydrogen) atoms. The minimum absolute atomic E-state index is 0.0104. The number of likely N-dealkylation sites (tertiary alicyclic amines) is 1. The van der Waals surface area contributed by atoms with Crippen molar-refractivity contribution >= 4 is 11.8 Å². The van der Waals surface area contributed by atoms with Gasteiger partial charge in [-0.05, 0) is 55.4 Å². The first-order chi connectivity index (χ1) is 13.7. The zero-order chi connectivity index (χ0) is 19.3. The second-order valence-electron chi connectivity index (χ2n) is 8.68. The fourth-order valence-corrected chi connectivity index (χ4v) is 5.22. The lowest BCUT2D eigenvalue weighted by Gasteiger charge is -2.32. The molecular formula is C21H32N4O3. The number of nitrogens with one attached hydrogen (secondary N) is 1. The van der Waals surface area contributed by atoms with Crippen LogP contribution in [0.4, 0.5) is 0 Å². The maximum absolute atomic E-state index is 12.8. The Kier molecular flexibility index (Phi) is 6.29. The van der Waals surface area contributed by atoms with Gasteiger partial charge in [0.05, 0.1) is 0 Å². The predicted octanol–water partition coefficient (Wildman–Crippen LogP) is 1.69. The van der Waals surface area contributed by atoms with E-state index in [1.165, 1.54) is 12.8 Å². The van der Waals surface area contributed by atoms with Gasteiger partial charge in [-0.25, -0.2) is 0 Å². The van der Waals surface area contributed by atoms with Crippen molar-refractivity contribution in [2.24, 2.45) is 23.7 Å². The molecule has 0 aromatic carbocycles. The minimum atomic E-state index is 0.0104. The number of rotatable bonds is 6. The smallest absolute Gasteiger partial charge is 0.241 e. The fourth-order valence-electron chi connectivity index (χ4n) is 5.22. The summed E-state index contributed by atoms with van der Waals surface area (Å²) in [5.41, 5.74) is 0. The van der Waals surface area contributed by atoms with Gasteiger partial charge >= 0.3 is 0 Å². The van der Waals surface area contributed by atoms with Crippen LogP contribution < -0.4 is 5.32 Å². The van der Waals surface area contributed by atoms with Crippen molar-refractivity contribution in [1.82, 2.24) is 20.0 Å². The molecule has 3 fully saturated rings. The fraction of sp³-hybridized carbons (Fsp3) is 0.762. The molecule has 1 aromatic heterocycles. The SMILES string of the molecule is O=C(Cn1cccn1)NC[C@H]1CCC[C@H]2CN(C(=O)CC3CCOCC3)C[C@H]12. The lowest BCUT2D eigenvalue weighted by atomic mass is 9.74. The van der Waals surface area contributed by atoms with Gasteiger partial charge in [-0.15, -0.1) is 0 Å². The number of carbonyl (C=O) groups is 2. The Hall–Kier alpha value is -1.89. The van der Waals surface area contributed by atoms with Crippen molar-refractivity contribution < 1.29 is 14.3 Å². The zero-order valence-corrected chi connectivity index (χ0v) is 16.6. The summed E-state index contributed by atoms with van der Waals surface area (Å²) in [4.78, 5) is 27.1. The van der Waals surface area contributed by atoms with Crippen LogP contribution in [-0.2, 0) is 20.9 Å². The van der Waals surface area contributed by atoms with Crippen molar-refractivity contribution in [3.05, 3.63) is 18.5 Å². The van der Waals surface area contributed by atoms with E-state index in [-0.39, 0.29) is 12.5 Å². The molecule has 3 atom stereocenters. The van der Waals surface area contributed by atoms with Crippen LogP contribution >= 0.6 is 0 Å². The van der Waals surface area contributed by atoms with E-state index in [2.05, 4.69) is 15.3 Å². The van der Waals surface area contributed by atoms with E-state index in [1.807, 2.05) is 6.07 Å². The Labute approximate surface area is 166 Å². The highest BCUT2D eigenvalue weighted by atomic mass is 16.5. The van der Waals surface area contributed by atoms with Gasteiger partial charge in [-0.3, -0.25) is 14.3 Å². The molecule has 1 aromatic rings. The van der Waals surface area contributed by atoms with Crippen molar-refractivity contribution in [2.75, 3.05) is 32.8 Å². The van der Waals surface area contributed by atoms with Crippen molar-refractivity contribution in [3.63, 3.8) is 0 Å². The molecule has 0 bridgehead atoms. The molecule has 1 N–H and O–H groups in total. The maximum Gasteiger partial charge on any atom is 0.241 e. The lowest BCUT2D eigenvalue weighted by molar-refractivity contribution is -0.132. The molecule has 7 nitrogen and oxygen atoms in total. The molecule has 0 spiro atoms. The van der Waals surface area contributed by atoms with Crippen LogP contribution in [0.15, 0.2) is 18.5 Å². The number of amides is 2. The summed E-state index contributed by atoms with van der Waals surface area (Å²) >= 11 is 0. The largest absolute Gasteiger partial charge is 0.381 e. The number of hydrogen-bond donors (Lipinski definition) is 1. The van der Waals surface area contributed by atoms with Gasteiger partial charge in [-0.1, -0.05) is 6.42 Å². The standard InChI is InChI=1S/C21H32N4O3/c26-20(15-25-8-2-7-23-25)22-12-17-3-1-4-18-13-24(14-19(17)18)21(27)11-16-5-9-28-10-6-16/h2,7-8,16-19H,1,3-6,9-15H2,(H,22,26)/t17-,18+,19-/m1/s1. The summed E-state index contributed by atoms with van der Waals surface area (Å²) in [5, 5.41) is 7.18. The van der Waals surface area contributed by atoms with Gasteiger partial charge in [0.15, 0.2) is 0 Å². The van der Waals surface area contributed by atoms with E-state index < -0.39 is 0 Å². The molecular weight excluding hydrogens is 356 g/mol. The molecule has 3 heterocycles. The zero-order valence-electron chi connectivity index (χ0n) is 16.6. The number of hydrogen-bond acceptors (Lipinski definition) is 4. The maximum atomic E-state index is 12.8. The topological polar surface area (TPSA) is 76.5 Å².